The number of rotatable bonds is 10. The molecule has 208 valence electrons. The fourth-order valence-corrected chi connectivity index (χ4v) is 4.93. The number of Topliss-reactive ketones (excluding diaryl/α,β-unsaturated/α-hetero) is 1. The number of pyridine rings is 2. The Labute approximate surface area is 243 Å². The largest absolute Gasteiger partial charge is 0.363 e. The first-order chi connectivity index (χ1) is 19.0. The lowest BCUT2D eigenvalue weighted by atomic mass is 9.86. The van der Waals surface area contributed by atoms with Crippen molar-refractivity contribution in [3.63, 3.8) is 0 Å². The van der Waals surface area contributed by atoms with Crippen molar-refractivity contribution in [1.82, 2.24) is 9.97 Å². The van der Waals surface area contributed by atoms with Gasteiger partial charge < -0.3 is 10.6 Å². The summed E-state index contributed by atoms with van der Waals surface area (Å²) in [6.07, 6.45) is 0. The van der Waals surface area contributed by atoms with Gasteiger partial charge in [0.05, 0.1) is 0 Å². The van der Waals surface area contributed by atoms with E-state index in [-0.39, 0.29) is 39.8 Å². The van der Waals surface area contributed by atoms with E-state index in [1.165, 1.54) is 24.3 Å². The number of hydrogen-bond donors (Lipinski definition) is 2. The second-order valence-electron chi connectivity index (χ2n) is 9.90. The van der Waals surface area contributed by atoms with E-state index < -0.39 is 11.8 Å². The van der Waals surface area contributed by atoms with Crippen molar-refractivity contribution in [2.75, 3.05) is 10.6 Å². The number of carbonyl (C=O) groups excluding carboxylic acids is 1. The number of carbonyl (C=O) groups is 1. The van der Waals surface area contributed by atoms with Crippen LogP contribution >= 0.6 is 23.2 Å². The van der Waals surface area contributed by atoms with E-state index in [0.29, 0.717) is 22.8 Å². The topological polar surface area (TPSA) is 66.9 Å². The van der Waals surface area contributed by atoms with Crippen LogP contribution in [0, 0.1) is 11.6 Å². The van der Waals surface area contributed by atoms with E-state index in [9.17, 15) is 13.6 Å². The van der Waals surface area contributed by atoms with Crippen LogP contribution in [0.3, 0.4) is 0 Å². The van der Waals surface area contributed by atoms with E-state index in [1.54, 1.807) is 48.5 Å². The van der Waals surface area contributed by atoms with E-state index in [2.05, 4.69) is 20.6 Å². The minimum Gasteiger partial charge on any atom is -0.363 e. The van der Waals surface area contributed by atoms with Crippen molar-refractivity contribution in [3.05, 3.63) is 117 Å². The molecule has 0 bridgehead atoms. The number of ketones is 1. The molecule has 0 aliphatic carbocycles. The van der Waals surface area contributed by atoms with Crippen LogP contribution in [-0.4, -0.2) is 15.8 Å². The molecule has 2 heterocycles. The average molecular weight is 584 g/mol. The quantitative estimate of drug-likeness (QED) is 0.183. The molecule has 0 saturated carbocycles. The second kappa shape index (κ2) is 12.7. The van der Waals surface area contributed by atoms with Gasteiger partial charge in [0.15, 0.2) is 0 Å². The van der Waals surface area contributed by atoms with Crippen LogP contribution in [0.1, 0.15) is 73.9 Å². The van der Waals surface area contributed by atoms with Gasteiger partial charge in [-0.2, -0.15) is 0 Å². The summed E-state index contributed by atoms with van der Waals surface area (Å²) in [5, 5.41) is 7.07. The highest BCUT2D eigenvalue weighted by atomic mass is 35.5. The summed E-state index contributed by atoms with van der Waals surface area (Å²) in [5.74, 6) is -0.584. The van der Waals surface area contributed by atoms with Crippen LogP contribution in [0.15, 0.2) is 72.8 Å². The van der Waals surface area contributed by atoms with Gasteiger partial charge in [0.25, 0.3) is 0 Å². The summed E-state index contributed by atoms with van der Waals surface area (Å²) >= 11 is 12.7. The monoisotopic (exact) mass is 582 g/mol. The predicted octanol–water partition coefficient (Wildman–Crippen LogP) is 8.88. The maximum Gasteiger partial charge on any atom is 0.147 e. The molecule has 0 aliphatic rings. The smallest absolute Gasteiger partial charge is 0.147 e. The number of benzene rings is 2. The van der Waals surface area contributed by atoms with Gasteiger partial charge >= 0.3 is 0 Å². The van der Waals surface area contributed by atoms with Crippen molar-refractivity contribution < 1.29 is 13.6 Å². The van der Waals surface area contributed by atoms with Crippen LogP contribution in [0.4, 0.5) is 20.4 Å². The Morgan fingerprint density at radius 3 is 1.32 bits per heavy atom. The molecule has 4 rings (SSSR count). The van der Waals surface area contributed by atoms with Gasteiger partial charge in [-0.05, 0) is 84.6 Å². The zero-order valence-corrected chi connectivity index (χ0v) is 24.1. The molecular formula is C31H30Cl2F2N4O. The number of nitrogens with one attached hydrogen (secondary N) is 2. The SMILES string of the molecule is CC(Nc1cc(C(C)C(=O)C(C)c2cc(Cl)nc(NC(C)c3ccc(F)cc3)c2)cc(Cl)n1)c1ccc(F)cc1. The molecule has 0 aliphatic heterocycles. The molecule has 0 saturated heterocycles. The summed E-state index contributed by atoms with van der Waals surface area (Å²) in [6.45, 7) is 7.52. The zero-order valence-electron chi connectivity index (χ0n) is 22.6. The van der Waals surface area contributed by atoms with E-state index in [1.807, 2.05) is 27.7 Å². The number of anilines is 2. The van der Waals surface area contributed by atoms with Gasteiger partial charge in [0.2, 0.25) is 0 Å². The molecule has 5 nitrogen and oxygen atoms in total. The van der Waals surface area contributed by atoms with Crippen LogP contribution in [-0.2, 0) is 4.79 Å². The molecule has 0 spiro atoms. The first kappa shape index (κ1) is 29.4. The first-order valence-electron chi connectivity index (χ1n) is 12.9. The van der Waals surface area contributed by atoms with E-state index in [0.717, 1.165) is 11.1 Å². The van der Waals surface area contributed by atoms with Crippen molar-refractivity contribution in [2.24, 2.45) is 0 Å². The lowest BCUT2D eigenvalue weighted by Gasteiger charge is -2.21. The average Bonchev–Trinajstić information content (AvgIpc) is 2.91. The third kappa shape index (κ3) is 7.34. The molecule has 40 heavy (non-hydrogen) atoms. The Hall–Kier alpha value is -3.55. The molecule has 4 aromatic rings. The minimum atomic E-state index is -0.487. The summed E-state index contributed by atoms with van der Waals surface area (Å²) in [5.41, 5.74) is 3.20. The van der Waals surface area contributed by atoms with E-state index >= 15 is 0 Å². The molecule has 0 amide bonds. The van der Waals surface area contributed by atoms with Crippen LogP contribution in [0.25, 0.3) is 0 Å². The molecule has 0 radical (unpaired) electrons. The highest BCUT2D eigenvalue weighted by Gasteiger charge is 2.25. The molecule has 2 aromatic carbocycles. The normalized spacial score (nSPS) is 14.2. The lowest BCUT2D eigenvalue weighted by molar-refractivity contribution is -0.121. The third-order valence-electron chi connectivity index (χ3n) is 6.96. The van der Waals surface area contributed by atoms with Crippen LogP contribution in [0.2, 0.25) is 10.3 Å². The third-order valence-corrected chi connectivity index (χ3v) is 7.34. The highest BCUT2D eigenvalue weighted by Crippen LogP contribution is 2.32. The van der Waals surface area contributed by atoms with Crippen LogP contribution < -0.4 is 10.6 Å². The molecule has 4 unspecified atom stereocenters. The minimum absolute atomic E-state index is 0.0281. The molecule has 2 aromatic heterocycles. The van der Waals surface area contributed by atoms with Crippen LogP contribution in [0.5, 0.6) is 0 Å². The van der Waals surface area contributed by atoms with Crippen molar-refractivity contribution in [1.29, 1.82) is 0 Å². The van der Waals surface area contributed by atoms with Crippen molar-refractivity contribution in [2.45, 2.75) is 51.6 Å². The molecule has 0 fully saturated rings. The Balaban J connectivity index is 1.50. The number of nitrogens with zero attached hydrogens (tertiary/aromatic N) is 2. The maximum absolute atomic E-state index is 13.6. The lowest BCUT2D eigenvalue weighted by Crippen LogP contribution is -2.18. The molecule has 4 atom stereocenters. The van der Waals surface area contributed by atoms with Crippen molar-refractivity contribution in [3.8, 4) is 0 Å². The van der Waals surface area contributed by atoms with E-state index in [4.69, 9.17) is 23.2 Å². The van der Waals surface area contributed by atoms with Gasteiger partial charge in [-0.3, -0.25) is 4.79 Å². The number of hydrogen-bond acceptors (Lipinski definition) is 5. The number of aromatic nitrogens is 2. The predicted molar refractivity (Wildman–Crippen MR) is 157 cm³/mol. The summed E-state index contributed by atoms with van der Waals surface area (Å²) in [7, 11) is 0. The summed E-state index contributed by atoms with van der Waals surface area (Å²) in [4.78, 5) is 22.3. The maximum atomic E-state index is 13.6. The number of halogens is 4. The fourth-order valence-electron chi connectivity index (χ4n) is 4.50. The van der Waals surface area contributed by atoms with Gasteiger partial charge in [-0.1, -0.05) is 61.3 Å². The van der Waals surface area contributed by atoms with Crippen molar-refractivity contribution >= 4 is 40.6 Å². The van der Waals surface area contributed by atoms with Gasteiger partial charge in [-0.15, -0.1) is 0 Å². The standard InChI is InChI=1S/C31H30Cl2F2N4O/c1-17(23-13-27(32)38-29(15-23)36-19(3)21-5-9-25(34)10-6-21)31(40)18(2)24-14-28(33)39-30(16-24)37-20(4)22-7-11-26(35)12-8-22/h5-20H,1-4H3,(H,36,38)(H,37,39). The second-order valence-corrected chi connectivity index (χ2v) is 10.7. The molecule has 2 N–H and O–H groups in total. The Morgan fingerprint density at radius 2 is 0.975 bits per heavy atom. The summed E-state index contributed by atoms with van der Waals surface area (Å²) in [6, 6.07) is 19.1. The molecule has 9 heteroatoms. The molecular weight excluding hydrogens is 553 g/mol. The zero-order chi connectivity index (χ0) is 29.0. The van der Waals surface area contributed by atoms with Gasteiger partial charge in [-0.25, -0.2) is 18.7 Å². The Morgan fingerprint density at radius 1 is 0.625 bits per heavy atom. The summed E-state index contributed by atoms with van der Waals surface area (Å²) < 4.78 is 26.6. The first-order valence-corrected chi connectivity index (χ1v) is 13.7. The van der Waals surface area contributed by atoms with Gasteiger partial charge in [0, 0.05) is 23.9 Å². The van der Waals surface area contributed by atoms with Gasteiger partial charge in [0.1, 0.15) is 39.4 Å². The Bertz CT molecular complexity index is 1370. The fraction of sp³-hybridized carbons (Fsp3) is 0.258. The highest BCUT2D eigenvalue weighted by molar-refractivity contribution is 6.30. The Kier molecular flexibility index (Phi) is 9.38.